The number of ether oxygens (including phenoxy) is 4. The minimum absolute atomic E-state index is 0.0769. The Morgan fingerprint density at radius 2 is 1.79 bits per heavy atom. The van der Waals surface area contributed by atoms with E-state index in [0.717, 1.165) is 21.2 Å². The maximum absolute atomic E-state index is 13.9. The highest BCUT2D eigenvalue weighted by molar-refractivity contribution is 9.10. The van der Waals surface area contributed by atoms with Crippen LogP contribution in [-0.2, 0) is 22.5 Å². The number of nitrogens with zero attached hydrogens (tertiary/aromatic N) is 1. The number of aliphatic hydroxyl groups is 1. The lowest BCUT2D eigenvalue weighted by molar-refractivity contribution is -0.128. The van der Waals surface area contributed by atoms with E-state index < -0.39 is 11.6 Å². The van der Waals surface area contributed by atoms with Crippen molar-refractivity contribution in [1.82, 2.24) is 5.32 Å². The minimum Gasteiger partial charge on any atom is -0.497 e. The highest BCUT2D eigenvalue weighted by atomic mass is 79.9. The van der Waals surface area contributed by atoms with Crippen LogP contribution in [0.3, 0.4) is 0 Å². The van der Waals surface area contributed by atoms with E-state index in [4.69, 9.17) is 29.0 Å². The molecular weight excluding hydrogens is 564 g/mol. The summed E-state index contributed by atoms with van der Waals surface area (Å²) in [5.74, 6) is 2.13. The van der Waals surface area contributed by atoms with Crippen molar-refractivity contribution < 1.29 is 28.8 Å². The molecule has 1 amide bonds. The maximum atomic E-state index is 13.9. The van der Waals surface area contributed by atoms with E-state index in [0.29, 0.717) is 42.6 Å². The maximum Gasteiger partial charge on any atom is 0.252 e. The minimum atomic E-state index is -1.20. The number of halogens is 1. The summed E-state index contributed by atoms with van der Waals surface area (Å²) in [6.45, 7) is 2.63. The van der Waals surface area contributed by atoms with Gasteiger partial charge in [-0.05, 0) is 55.0 Å². The van der Waals surface area contributed by atoms with Gasteiger partial charge in [-0.1, -0.05) is 34.1 Å². The Morgan fingerprint density at radius 3 is 2.49 bits per heavy atom. The third-order valence-corrected chi connectivity index (χ3v) is 7.45. The van der Waals surface area contributed by atoms with Gasteiger partial charge in [-0.2, -0.15) is 0 Å². The Balaban J connectivity index is 1.62. The van der Waals surface area contributed by atoms with E-state index >= 15 is 0 Å². The highest BCUT2D eigenvalue weighted by Crippen LogP contribution is 2.35. The highest BCUT2D eigenvalue weighted by Gasteiger charge is 2.50. The largest absolute Gasteiger partial charge is 0.497 e. The van der Waals surface area contributed by atoms with Crippen LogP contribution < -0.4 is 19.5 Å². The Hall–Kier alpha value is -3.56. The number of amides is 1. The standard InChI is InChI=1S/C30H33BrN2O6/c1-20-30(18-22-7-4-5-8-26(22)31,29(35)32-19-23-11-14-25(36-2)17-27(23)37-3)33-28(39-20)21-9-12-24(13-10-21)38-16-6-15-34/h4-5,7-14,17,20,34H,6,15-16,18-19H2,1-3H3,(H,32,35)/t20-,30-/m1/s1. The van der Waals surface area contributed by atoms with Gasteiger partial charge in [0.1, 0.15) is 23.4 Å². The first kappa shape index (κ1) is 28.4. The molecule has 8 nitrogen and oxygen atoms in total. The second-order valence-electron chi connectivity index (χ2n) is 9.18. The molecule has 0 radical (unpaired) electrons. The molecule has 0 aliphatic carbocycles. The molecule has 0 bridgehead atoms. The van der Waals surface area contributed by atoms with Gasteiger partial charge in [0.05, 0.1) is 20.8 Å². The molecule has 3 aromatic carbocycles. The van der Waals surface area contributed by atoms with E-state index in [1.54, 1.807) is 20.3 Å². The number of methoxy groups -OCH3 is 2. The van der Waals surface area contributed by atoms with Gasteiger partial charge in [0.15, 0.2) is 5.54 Å². The van der Waals surface area contributed by atoms with Gasteiger partial charge in [0.2, 0.25) is 5.90 Å². The second-order valence-corrected chi connectivity index (χ2v) is 10.0. The number of nitrogens with one attached hydrogen (secondary N) is 1. The normalized spacial score (nSPS) is 18.2. The number of carbonyl (C=O) groups excluding carboxylic acids is 1. The molecule has 0 spiro atoms. The summed E-state index contributed by atoms with van der Waals surface area (Å²) < 4.78 is 23.5. The quantitative estimate of drug-likeness (QED) is 0.294. The molecule has 0 fully saturated rings. The zero-order chi connectivity index (χ0) is 27.8. The van der Waals surface area contributed by atoms with Crippen molar-refractivity contribution in [2.45, 2.75) is 38.0 Å². The SMILES string of the molecule is COc1ccc(CNC(=O)[C@]2(Cc3ccccc3Br)N=C(c3ccc(OCCCO)cc3)O[C@@H]2C)c(OC)c1. The first-order valence-corrected chi connectivity index (χ1v) is 13.5. The lowest BCUT2D eigenvalue weighted by atomic mass is 9.86. The van der Waals surface area contributed by atoms with Crippen molar-refractivity contribution in [3.05, 3.63) is 87.9 Å². The molecule has 0 aromatic heterocycles. The molecule has 39 heavy (non-hydrogen) atoms. The van der Waals surface area contributed by atoms with E-state index in [1.165, 1.54) is 0 Å². The van der Waals surface area contributed by atoms with E-state index in [1.807, 2.05) is 67.6 Å². The molecule has 1 aliphatic heterocycles. The van der Waals surface area contributed by atoms with Crippen LogP contribution in [0.15, 0.2) is 76.2 Å². The lowest BCUT2D eigenvalue weighted by Gasteiger charge is -2.28. The Labute approximate surface area is 237 Å². The Bertz CT molecular complexity index is 1310. The lowest BCUT2D eigenvalue weighted by Crippen LogP contribution is -2.52. The van der Waals surface area contributed by atoms with Crippen molar-refractivity contribution in [2.75, 3.05) is 27.4 Å². The number of aliphatic hydroxyl groups excluding tert-OH is 1. The number of rotatable bonds is 12. The van der Waals surface area contributed by atoms with Crippen molar-refractivity contribution in [1.29, 1.82) is 0 Å². The third-order valence-electron chi connectivity index (χ3n) is 6.68. The molecule has 2 N–H and O–H groups in total. The summed E-state index contributed by atoms with van der Waals surface area (Å²) in [7, 11) is 3.18. The van der Waals surface area contributed by atoms with Crippen LogP contribution in [0.5, 0.6) is 17.2 Å². The van der Waals surface area contributed by atoms with Gasteiger partial charge in [-0.25, -0.2) is 4.99 Å². The van der Waals surface area contributed by atoms with Crippen LogP contribution in [0, 0.1) is 0 Å². The molecular formula is C30H33BrN2O6. The number of aliphatic imine (C=N–C) groups is 1. The van der Waals surface area contributed by atoms with Gasteiger partial charge < -0.3 is 29.4 Å². The predicted molar refractivity (Wildman–Crippen MR) is 153 cm³/mol. The Morgan fingerprint density at radius 1 is 1.05 bits per heavy atom. The second kappa shape index (κ2) is 13.0. The van der Waals surface area contributed by atoms with Crippen LogP contribution in [0.25, 0.3) is 0 Å². The van der Waals surface area contributed by atoms with Crippen molar-refractivity contribution in [3.8, 4) is 17.2 Å². The number of benzene rings is 3. The number of hydrogen-bond acceptors (Lipinski definition) is 7. The fraction of sp³-hybridized carbons (Fsp3) is 0.333. The van der Waals surface area contributed by atoms with Gasteiger partial charge in [-0.15, -0.1) is 0 Å². The number of hydrogen-bond donors (Lipinski definition) is 2. The predicted octanol–water partition coefficient (Wildman–Crippen LogP) is 4.69. The van der Waals surface area contributed by atoms with Crippen molar-refractivity contribution in [3.63, 3.8) is 0 Å². The molecule has 9 heteroatoms. The van der Waals surface area contributed by atoms with Crippen LogP contribution in [0.2, 0.25) is 0 Å². The summed E-state index contributed by atoms with van der Waals surface area (Å²) >= 11 is 3.62. The molecule has 1 heterocycles. The van der Waals surface area contributed by atoms with E-state index in [9.17, 15) is 4.79 Å². The smallest absolute Gasteiger partial charge is 0.252 e. The average molecular weight is 598 g/mol. The monoisotopic (exact) mass is 596 g/mol. The third kappa shape index (κ3) is 6.54. The summed E-state index contributed by atoms with van der Waals surface area (Å²) in [5, 5.41) is 12.0. The van der Waals surface area contributed by atoms with E-state index in [-0.39, 0.29) is 19.1 Å². The zero-order valence-electron chi connectivity index (χ0n) is 22.3. The fourth-order valence-corrected chi connectivity index (χ4v) is 4.83. The summed E-state index contributed by atoms with van der Waals surface area (Å²) in [4.78, 5) is 18.9. The van der Waals surface area contributed by atoms with Gasteiger partial charge >= 0.3 is 0 Å². The molecule has 1 aliphatic rings. The van der Waals surface area contributed by atoms with Crippen LogP contribution >= 0.6 is 15.9 Å². The summed E-state index contributed by atoms with van der Waals surface area (Å²) in [6, 6.07) is 20.6. The van der Waals surface area contributed by atoms with Crippen molar-refractivity contribution >= 4 is 27.7 Å². The molecule has 4 rings (SSSR count). The van der Waals surface area contributed by atoms with Gasteiger partial charge in [0, 0.05) is 47.7 Å². The Kier molecular flexibility index (Phi) is 9.48. The molecule has 2 atom stereocenters. The first-order valence-electron chi connectivity index (χ1n) is 12.7. The molecule has 206 valence electrons. The van der Waals surface area contributed by atoms with Crippen LogP contribution in [-0.4, -0.2) is 56.0 Å². The molecule has 3 aromatic rings. The van der Waals surface area contributed by atoms with Crippen LogP contribution in [0.1, 0.15) is 30.0 Å². The number of carbonyl (C=O) groups is 1. The fourth-order valence-electron chi connectivity index (χ4n) is 4.40. The van der Waals surface area contributed by atoms with Gasteiger partial charge in [0.25, 0.3) is 5.91 Å². The molecule has 0 saturated heterocycles. The van der Waals surface area contributed by atoms with Crippen LogP contribution in [0.4, 0.5) is 0 Å². The summed E-state index contributed by atoms with van der Waals surface area (Å²) in [5.41, 5.74) is 1.31. The summed E-state index contributed by atoms with van der Waals surface area (Å²) in [6.07, 6.45) is 0.370. The van der Waals surface area contributed by atoms with Crippen molar-refractivity contribution in [2.24, 2.45) is 4.99 Å². The zero-order valence-corrected chi connectivity index (χ0v) is 23.9. The average Bonchev–Trinajstić information content (AvgIpc) is 3.30. The van der Waals surface area contributed by atoms with Gasteiger partial charge in [-0.3, -0.25) is 4.79 Å². The molecule has 0 unspecified atom stereocenters. The van der Waals surface area contributed by atoms with E-state index in [2.05, 4.69) is 21.2 Å². The molecule has 0 saturated carbocycles. The topological polar surface area (TPSA) is 98.6 Å². The first-order chi connectivity index (χ1) is 18.9.